The Bertz CT molecular complexity index is 701. The van der Waals surface area contributed by atoms with Crippen molar-refractivity contribution < 1.29 is 14.4 Å². The molecule has 17 heavy (non-hydrogen) atoms. The minimum Gasteiger partial charge on any atom is -0.475 e. The minimum atomic E-state index is -1.12. The van der Waals surface area contributed by atoms with Gasteiger partial charge in [0.15, 0.2) is 0 Å². The SMILES string of the molecule is O=C(O)c1cc(-c2ccc3cnsc3c2)no1. The molecular weight excluding hydrogens is 240 g/mol. The van der Waals surface area contributed by atoms with Crippen molar-refractivity contribution >= 4 is 27.6 Å². The topological polar surface area (TPSA) is 76.2 Å². The molecule has 0 aliphatic heterocycles. The first-order chi connectivity index (χ1) is 8.24. The fourth-order valence-electron chi connectivity index (χ4n) is 1.53. The van der Waals surface area contributed by atoms with Gasteiger partial charge in [-0.15, -0.1) is 0 Å². The van der Waals surface area contributed by atoms with E-state index in [0.29, 0.717) is 5.69 Å². The molecule has 0 atom stereocenters. The van der Waals surface area contributed by atoms with Crippen molar-refractivity contribution in [2.24, 2.45) is 0 Å². The number of carbonyl (C=O) groups is 1. The smallest absolute Gasteiger partial charge is 0.374 e. The van der Waals surface area contributed by atoms with Gasteiger partial charge in [0.05, 0.1) is 4.70 Å². The van der Waals surface area contributed by atoms with Gasteiger partial charge in [0, 0.05) is 23.2 Å². The van der Waals surface area contributed by atoms with Crippen LogP contribution in [0.15, 0.2) is 35.0 Å². The Kier molecular flexibility index (Phi) is 2.15. The van der Waals surface area contributed by atoms with Gasteiger partial charge in [-0.1, -0.05) is 17.3 Å². The first-order valence-electron chi connectivity index (χ1n) is 4.79. The van der Waals surface area contributed by atoms with Crippen LogP contribution >= 0.6 is 11.5 Å². The van der Waals surface area contributed by atoms with Crippen LogP contribution in [0.5, 0.6) is 0 Å². The summed E-state index contributed by atoms with van der Waals surface area (Å²) in [6.45, 7) is 0. The van der Waals surface area contributed by atoms with Crippen molar-refractivity contribution in [2.45, 2.75) is 0 Å². The van der Waals surface area contributed by atoms with E-state index in [1.807, 2.05) is 18.2 Å². The molecule has 1 N–H and O–H groups in total. The molecule has 0 saturated carbocycles. The van der Waals surface area contributed by atoms with Gasteiger partial charge in [-0.25, -0.2) is 4.79 Å². The van der Waals surface area contributed by atoms with Gasteiger partial charge < -0.3 is 9.63 Å². The Hall–Kier alpha value is -2.21. The maximum absolute atomic E-state index is 10.7. The second kappa shape index (κ2) is 3.67. The van der Waals surface area contributed by atoms with Crippen molar-refractivity contribution in [2.75, 3.05) is 0 Å². The van der Waals surface area contributed by atoms with Gasteiger partial charge in [-0.2, -0.15) is 4.37 Å². The summed E-state index contributed by atoms with van der Waals surface area (Å²) in [4.78, 5) is 10.7. The van der Waals surface area contributed by atoms with Crippen molar-refractivity contribution in [3.63, 3.8) is 0 Å². The third kappa shape index (κ3) is 1.68. The largest absolute Gasteiger partial charge is 0.475 e. The third-order valence-electron chi connectivity index (χ3n) is 2.37. The number of nitrogens with zero attached hydrogens (tertiary/aromatic N) is 2. The number of carboxylic acid groups (broad SMARTS) is 1. The van der Waals surface area contributed by atoms with E-state index in [0.717, 1.165) is 15.6 Å². The van der Waals surface area contributed by atoms with E-state index in [1.54, 1.807) is 6.20 Å². The molecule has 3 aromatic rings. The van der Waals surface area contributed by atoms with Crippen LogP contribution in [0.3, 0.4) is 0 Å². The maximum atomic E-state index is 10.7. The van der Waals surface area contributed by atoms with Crippen LogP contribution in [0.2, 0.25) is 0 Å². The molecule has 0 unspecified atom stereocenters. The highest BCUT2D eigenvalue weighted by Crippen LogP contribution is 2.26. The van der Waals surface area contributed by atoms with E-state index in [2.05, 4.69) is 9.53 Å². The van der Waals surface area contributed by atoms with Crippen molar-refractivity contribution in [1.82, 2.24) is 9.53 Å². The molecule has 0 aliphatic rings. The average molecular weight is 246 g/mol. The quantitative estimate of drug-likeness (QED) is 0.752. The highest BCUT2D eigenvalue weighted by molar-refractivity contribution is 7.13. The summed E-state index contributed by atoms with van der Waals surface area (Å²) in [5, 5.41) is 13.5. The summed E-state index contributed by atoms with van der Waals surface area (Å²) < 4.78 is 9.82. The molecule has 5 nitrogen and oxygen atoms in total. The van der Waals surface area contributed by atoms with Crippen LogP contribution < -0.4 is 0 Å². The van der Waals surface area contributed by atoms with E-state index >= 15 is 0 Å². The standard InChI is InChI=1S/C11H6N2O3S/c14-11(15)9-4-8(13-16-9)6-1-2-7-5-12-17-10(7)3-6/h1-5H,(H,14,15). The maximum Gasteiger partial charge on any atom is 0.374 e. The summed E-state index contributed by atoms with van der Waals surface area (Å²) in [6.07, 6.45) is 1.79. The summed E-state index contributed by atoms with van der Waals surface area (Å²) in [7, 11) is 0. The van der Waals surface area contributed by atoms with Gasteiger partial charge in [0.2, 0.25) is 5.76 Å². The number of aromatic nitrogens is 2. The molecule has 0 saturated heterocycles. The second-order valence-electron chi connectivity index (χ2n) is 3.46. The fraction of sp³-hybridized carbons (Fsp3) is 0. The molecule has 0 spiro atoms. The minimum absolute atomic E-state index is 0.163. The lowest BCUT2D eigenvalue weighted by molar-refractivity contribution is 0.0652. The molecule has 0 fully saturated rings. The number of carboxylic acids is 1. The Labute approximate surface area is 99.5 Å². The van der Waals surface area contributed by atoms with E-state index in [1.165, 1.54) is 17.6 Å². The normalized spacial score (nSPS) is 10.8. The van der Waals surface area contributed by atoms with Gasteiger partial charge in [0.25, 0.3) is 0 Å². The predicted octanol–water partition coefficient (Wildman–Crippen LogP) is 2.65. The Balaban J connectivity index is 2.09. The summed E-state index contributed by atoms with van der Waals surface area (Å²) in [5.74, 6) is -1.29. The Morgan fingerprint density at radius 2 is 2.24 bits per heavy atom. The number of rotatable bonds is 2. The molecule has 0 aliphatic carbocycles. The first-order valence-corrected chi connectivity index (χ1v) is 5.56. The first kappa shape index (κ1) is 9.98. The summed E-state index contributed by atoms with van der Waals surface area (Å²) >= 11 is 1.38. The van der Waals surface area contributed by atoms with Crippen LogP contribution in [0, 0.1) is 0 Å². The number of hydrogen-bond donors (Lipinski definition) is 1. The zero-order valence-corrected chi connectivity index (χ0v) is 9.27. The molecule has 2 heterocycles. The van der Waals surface area contributed by atoms with Crippen LogP contribution in [-0.2, 0) is 0 Å². The molecule has 3 rings (SSSR count). The summed E-state index contributed by atoms with van der Waals surface area (Å²) in [6, 6.07) is 7.10. The predicted molar refractivity (Wildman–Crippen MR) is 62.1 cm³/mol. The number of fused-ring (bicyclic) bond motifs is 1. The molecule has 2 aromatic heterocycles. The molecule has 84 valence electrons. The number of hydrogen-bond acceptors (Lipinski definition) is 5. The van der Waals surface area contributed by atoms with Gasteiger partial charge in [0.1, 0.15) is 5.69 Å². The molecule has 1 aromatic carbocycles. The van der Waals surface area contributed by atoms with Crippen molar-refractivity contribution in [1.29, 1.82) is 0 Å². The fourth-order valence-corrected chi connectivity index (χ4v) is 2.22. The van der Waals surface area contributed by atoms with E-state index in [4.69, 9.17) is 9.63 Å². The van der Waals surface area contributed by atoms with E-state index in [-0.39, 0.29) is 5.76 Å². The van der Waals surface area contributed by atoms with Gasteiger partial charge >= 0.3 is 5.97 Å². The highest BCUT2D eigenvalue weighted by Gasteiger charge is 2.12. The third-order valence-corrected chi connectivity index (χ3v) is 3.13. The zero-order chi connectivity index (χ0) is 11.8. The molecule has 0 amide bonds. The van der Waals surface area contributed by atoms with E-state index in [9.17, 15) is 4.79 Å². The molecular formula is C11H6N2O3S. The van der Waals surface area contributed by atoms with Gasteiger partial charge in [-0.3, -0.25) is 0 Å². The number of aromatic carboxylic acids is 1. The Morgan fingerprint density at radius 1 is 1.35 bits per heavy atom. The van der Waals surface area contributed by atoms with Crippen LogP contribution in [0.25, 0.3) is 21.3 Å². The number of benzene rings is 1. The van der Waals surface area contributed by atoms with E-state index < -0.39 is 5.97 Å². The van der Waals surface area contributed by atoms with Gasteiger partial charge in [-0.05, 0) is 17.6 Å². The second-order valence-corrected chi connectivity index (χ2v) is 4.29. The summed E-state index contributed by atoms with van der Waals surface area (Å²) in [5.41, 5.74) is 1.33. The lowest BCUT2D eigenvalue weighted by Crippen LogP contribution is -1.91. The average Bonchev–Trinajstić information content (AvgIpc) is 2.97. The highest BCUT2D eigenvalue weighted by atomic mass is 32.1. The zero-order valence-electron chi connectivity index (χ0n) is 8.45. The lowest BCUT2D eigenvalue weighted by Gasteiger charge is -1.94. The molecule has 6 heteroatoms. The van der Waals surface area contributed by atoms with Crippen LogP contribution in [0.4, 0.5) is 0 Å². The molecule has 0 radical (unpaired) electrons. The lowest BCUT2D eigenvalue weighted by atomic mass is 10.1. The van der Waals surface area contributed by atoms with Crippen molar-refractivity contribution in [3.05, 3.63) is 36.2 Å². The molecule has 0 bridgehead atoms. The Morgan fingerprint density at radius 3 is 3.00 bits per heavy atom. The van der Waals surface area contributed by atoms with Crippen LogP contribution in [-0.4, -0.2) is 20.6 Å². The van der Waals surface area contributed by atoms with Crippen molar-refractivity contribution in [3.8, 4) is 11.3 Å². The van der Waals surface area contributed by atoms with Crippen LogP contribution in [0.1, 0.15) is 10.6 Å². The monoisotopic (exact) mass is 246 g/mol.